The van der Waals surface area contributed by atoms with Crippen LogP contribution >= 0.6 is 0 Å². The molecule has 2 aliphatic heterocycles. The van der Waals surface area contributed by atoms with E-state index in [1.54, 1.807) is 0 Å². The van der Waals surface area contributed by atoms with Gasteiger partial charge in [0, 0.05) is 41.7 Å². The average Bonchev–Trinajstić information content (AvgIpc) is 3.15. The van der Waals surface area contributed by atoms with E-state index in [0.29, 0.717) is 0 Å². The predicted octanol–water partition coefficient (Wildman–Crippen LogP) is 4.72. The topological polar surface area (TPSA) is 28.5 Å². The minimum atomic E-state index is 0.895. The lowest BCUT2D eigenvalue weighted by Crippen LogP contribution is -2.15. The second-order valence-corrected chi connectivity index (χ2v) is 6.66. The van der Waals surface area contributed by atoms with E-state index in [1.165, 1.54) is 36.0 Å². The molecular weight excluding hydrogens is 306 g/mol. The second kappa shape index (κ2) is 5.85. The SMILES string of the molecule is C1=CC2=CCC=NN2C=C1c1cccnc1-c1ccc2c(c1)CCC2. The summed E-state index contributed by atoms with van der Waals surface area (Å²) < 4.78 is 0. The number of allylic oxidation sites excluding steroid dienone is 4. The van der Waals surface area contributed by atoms with Crippen molar-refractivity contribution in [3.63, 3.8) is 0 Å². The smallest absolute Gasteiger partial charge is 0.0780 e. The largest absolute Gasteiger partial charge is 0.256 e. The molecule has 3 heterocycles. The molecule has 3 aliphatic rings. The van der Waals surface area contributed by atoms with Gasteiger partial charge in [0.25, 0.3) is 0 Å². The fourth-order valence-corrected chi connectivity index (χ4v) is 3.82. The Bertz CT molecular complexity index is 963. The number of hydrogen-bond donors (Lipinski definition) is 0. The van der Waals surface area contributed by atoms with Gasteiger partial charge in [-0.25, -0.2) is 5.01 Å². The van der Waals surface area contributed by atoms with E-state index in [4.69, 9.17) is 4.98 Å². The van der Waals surface area contributed by atoms with E-state index in [2.05, 4.69) is 53.8 Å². The molecule has 1 aromatic carbocycles. The summed E-state index contributed by atoms with van der Waals surface area (Å²) in [6, 6.07) is 11.0. The summed E-state index contributed by atoms with van der Waals surface area (Å²) in [7, 11) is 0. The zero-order valence-corrected chi connectivity index (χ0v) is 14.0. The monoisotopic (exact) mass is 325 g/mol. The minimum Gasteiger partial charge on any atom is -0.256 e. The fourth-order valence-electron chi connectivity index (χ4n) is 3.82. The van der Waals surface area contributed by atoms with Crippen molar-refractivity contribution < 1.29 is 0 Å². The average molecular weight is 325 g/mol. The van der Waals surface area contributed by atoms with Gasteiger partial charge in [0.05, 0.1) is 11.4 Å². The molecule has 1 aliphatic carbocycles. The molecule has 3 nitrogen and oxygen atoms in total. The van der Waals surface area contributed by atoms with Crippen LogP contribution in [0.25, 0.3) is 16.8 Å². The first kappa shape index (κ1) is 14.4. The van der Waals surface area contributed by atoms with Crippen LogP contribution in [-0.4, -0.2) is 16.2 Å². The Hall–Kier alpha value is -2.94. The molecule has 2 aromatic rings. The summed E-state index contributed by atoms with van der Waals surface area (Å²) in [6.07, 6.45) is 16.9. The van der Waals surface area contributed by atoms with Gasteiger partial charge in [-0.15, -0.1) is 0 Å². The number of rotatable bonds is 2. The second-order valence-electron chi connectivity index (χ2n) is 6.66. The van der Waals surface area contributed by atoms with Crippen LogP contribution in [0.4, 0.5) is 0 Å². The maximum absolute atomic E-state index is 4.71. The summed E-state index contributed by atoms with van der Waals surface area (Å²) in [5.74, 6) is 0. The lowest BCUT2D eigenvalue weighted by molar-refractivity contribution is 0.506. The number of hydrogen-bond acceptors (Lipinski definition) is 3. The molecule has 1 aromatic heterocycles. The van der Waals surface area contributed by atoms with Gasteiger partial charge in [0.15, 0.2) is 0 Å². The van der Waals surface area contributed by atoms with Crippen LogP contribution in [-0.2, 0) is 12.8 Å². The standard InChI is InChI=1S/C22H19N3/c1-4-16-8-9-18(14-17(16)5-1)22-21(7-3-12-23-22)19-10-11-20-6-2-13-24-25(20)15-19/h3,6-15H,1-2,4-5H2. The first-order valence-corrected chi connectivity index (χ1v) is 8.88. The van der Waals surface area contributed by atoms with Crippen molar-refractivity contribution in [1.82, 2.24) is 9.99 Å². The number of fused-ring (bicyclic) bond motifs is 2. The zero-order valence-electron chi connectivity index (χ0n) is 14.0. The molecule has 5 rings (SSSR count). The highest BCUT2D eigenvalue weighted by atomic mass is 15.4. The number of pyridine rings is 1. The molecule has 0 fully saturated rings. The van der Waals surface area contributed by atoms with E-state index in [9.17, 15) is 0 Å². The van der Waals surface area contributed by atoms with Crippen LogP contribution < -0.4 is 0 Å². The zero-order chi connectivity index (χ0) is 16.6. The van der Waals surface area contributed by atoms with Crippen molar-refractivity contribution in [2.75, 3.05) is 0 Å². The third-order valence-electron chi connectivity index (χ3n) is 5.09. The van der Waals surface area contributed by atoms with Crippen molar-refractivity contribution in [3.8, 4) is 11.3 Å². The van der Waals surface area contributed by atoms with Crippen LogP contribution in [0, 0.1) is 0 Å². The molecular formula is C22H19N3. The first-order valence-electron chi connectivity index (χ1n) is 8.88. The summed E-state index contributed by atoms with van der Waals surface area (Å²) >= 11 is 0. The summed E-state index contributed by atoms with van der Waals surface area (Å²) in [5, 5.41) is 6.41. The molecule has 0 atom stereocenters. The highest BCUT2D eigenvalue weighted by Gasteiger charge is 2.17. The van der Waals surface area contributed by atoms with Crippen molar-refractivity contribution in [3.05, 3.63) is 83.3 Å². The number of aromatic nitrogens is 1. The molecule has 0 radical (unpaired) electrons. The normalized spacial score (nSPS) is 17.8. The van der Waals surface area contributed by atoms with Gasteiger partial charge in [0.2, 0.25) is 0 Å². The third-order valence-corrected chi connectivity index (χ3v) is 5.09. The minimum absolute atomic E-state index is 0.895. The van der Waals surface area contributed by atoms with Gasteiger partial charge >= 0.3 is 0 Å². The number of aryl methyl sites for hydroxylation is 2. The van der Waals surface area contributed by atoms with E-state index in [0.717, 1.165) is 28.9 Å². The molecule has 0 spiro atoms. The van der Waals surface area contributed by atoms with Crippen molar-refractivity contribution in [1.29, 1.82) is 0 Å². The Morgan fingerprint density at radius 3 is 2.96 bits per heavy atom. The van der Waals surface area contributed by atoms with Crippen LogP contribution in [0.5, 0.6) is 0 Å². The molecule has 0 bridgehead atoms. The van der Waals surface area contributed by atoms with Gasteiger partial charge < -0.3 is 0 Å². The Morgan fingerprint density at radius 2 is 1.96 bits per heavy atom. The van der Waals surface area contributed by atoms with Crippen molar-refractivity contribution >= 4 is 11.8 Å². The van der Waals surface area contributed by atoms with Gasteiger partial charge in [-0.2, -0.15) is 5.10 Å². The first-order chi connectivity index (χ1) is 12.4. The molecule has 25 heavy (non-hydrogen) atoms. The lowest BCUT2D eigenvalue weighted by atomic mass is 9.96. The molecule has 0 unspecified atom stereocenters. The molecule has 0 N–H and O–H groups in total. The third kappa shape index (κ3) is 2.52. The Kier molecular flexibility index (Phi) is 3.37. The maximum Gasteiger partial charge on any atom is 0.0780 e. The van der Waals surface area contributed by atoms with Crippen LogP contribution in [0.3, 0.4) is 0 Å². The Labute approximate surface area is 147 Å². The highest BCUT2D eigenvalue weighted by Crippen LogP contribution is 2.34. The fraction of sp³-hybridized carbons (Fsp3) is 0.182. The lowest BCUT2D eigenvalue weighted by Gasteiger charge is -2.24. The number of hydrazone groups is 1. The molecule has 0 amide bonds. The van der Waals surface area contributed by atoms with Crippen molar-refractivity contribution in [2.24, 2.45) is 5.10 Å². The summed E-state index contributed by atoms with van der Waals surface area (Å²) in [6.45, 7) is 0. The molecule has 0 saturated carbocycles. The van der Waals surface area contributed by atoms with E-state index >= 15 is 0 Å². The number of benzene rings is 1. The van der Waals surface area contributed by atoms with E-state index in [1.807, 2.05) is 23.5 Å². The van der Waals surface area contributed by atoms with Crippen LogP contribution in [0.1, 0.15) is 29.5 Å². The number of nitrogens with zero attached hydrogens (tertiary/aromatic N) is 3. The quantitative estimate of drug-likeness (QED) is 0.799. The molecule has 0 saturated heterocycles. The summed E-state index contributed by atoms with van der Waals surface area (Å²) in [4.78, 5) is 4.71. The maximum atomic E-state index is 4.71. The predicted molar refractivity (Wildman–Crippen MR) is 102 cm³/mol. The van der Waals surface area contributed by atoms with Crippen molar-refractivity contribution in [2.45, 2.75) is 25.7 Å². The van der Waals surface area contributed by atoms with Gasteiger partial charge in [-0.05, 0) is 48.6 Å². The summed E-state index contributed by atoms with van der Waals surface area (Å²) in [5.41, 5.74) is 8.64. The van der Waals surface area contributed by atoms with Gasteiger partial charge in [-0.3, -0.25) is 4.98 Å². The van der Waals surface area contributed by atoms with Gasteiger partial charge in [-0.1, -0.05) is 30.4 Å². The molecule has 3 heteroatoms. The molecule has 122 valence electrons. The Balaban J connectivity index is 1.59. The van der Waals surface area contributed by atoms with Gasteiger partial charge in [0.1, 0.15) is 0 Å². The van der Waals surface area contributed by atoms with E-state index < -0.39 is 0 Å². The Morgan fingerprint density at radius 1 is 1.00 bits per heavy atom. The van der Waals surface area contributed by atoms with Crippen LogP contribution in [0.2, 0.25) is 0 Å². The highest BCUT2D eigenvalue weighted by molar-refractivity contribution is 5.85. The van der Waals surface area contributed by atoms with Crippen LogP contribution in [0.15, 0.2) is 71.8 Å². The van der Waals surface area contributed by atoms with E-state index in [-0.39, 0.29) is 0 Å².